The third-order valence-electron chi connectivity index (χ3n) is 7.08. The van der Waals surface area contributed by atoms with E-state index in [-0.39, 0.29) is 17.7 Å². The van der Waals surface area contributed by atoms with Gasteiger partial charge in [-0.3, -0.25) is 14.4 Å². The van der Waals surface area contributed by atoms with Crippen molar-refractivity contribution >= 4 is 29.1 Å². The predicted octanol–water partition coefficient (Wildman–Crippen LogP) is 4.80. The molecule has 0 fully saturated rings. The number of anilines is 2. The van der Waals surface area contributed by atoms with Crippen molar-refractivity contribution < 1.29 is 14.4 Å². The zero-order valence-corrected chi connectivity index (χ0v) is 24.2. The molecule has 0 bridgehead atoms. The van der Waals surface area contributed by atoms with Gasteiger partial charge in [0.05, 0.1) is 11.4 Å². The van der Waals surface area contributed by atoms with Crippen LogP contribution in [0.25, 0.3) is 0 Å². The van der Waals surface area contributed by atoms with Gasteiger partial charge in [0.2, 0.25) is 0 Å². The van der Waals surface area contributed by atoms with Gasteiger partial charge in [0.1, 0.15) is 17.1 Å². The zero-order valence-electron chi connectivity index (χ0n) is 24.2. The lowest BCUT2D eigenvalue weighted by atomic mass is 10.1. The molecular weight excluding hydrogens is 506 g/mol. The number of unbranched alkanes of at least 4 members (excludes halogenated alkanes) is 9. The summed E-state index contributed by atoms with van der Waals surface area (Å²) in [7, 11) is 5.31. The van der Waals surface area contributed by atoms with Crippen molar-refractivity contribution in [1.82, 2.24) is 19.0 Å². The van der Waals surface area contributed by atoms with Crippen molar-refractivity contribution in [3.63, 3.8) is 0 Å². The van der Waals surface area contributed by atoms with Crippen LogP contribution in [0.2, 0.25) is 0 Å². The second-order valence-corrected chi connectivity index (χ2v) is 10.4. The van der Waals surface area contributed by atoms with Crippen LogP contribution in [0.15, 0.2) is 42.9 Å². The van der Waals surface area contributed by atoms with Crippen molar-refractivity contribution in [2.75, 3.05) is 23.7 Å². The molecule has 3 amide bonds. The van der Waals surface area contributed by atoms with E-state index in [4.69, 9.17) is 5.73 Å². The minimum atomic E-state index is -0.338. The highest BCUT2D eigenvalue weighted by Gasteiger charge is 2.17. The fraction of sp³-hybridized carbons (Fsp3) is 0.500. The smallest absolute Gasteiger partial charge is 0.272 e. The number of hydrogen-bond donors (Lipinski definition) is 4. The Morgan fingerprint density at radius 2 is 1.12 bits per heavy atom. The molecule has 3 heterocycles. The first-order chi connectivity index (χ1) is 19.3. The Kier molecular flexibility index (Phi) is 12.1. The number of aromatic nitrogens is 3. The van der Waals surface area contributed by atoms with Gasteiger partial charge in [0, 0.05) is 46.3 Å². The van der Waals surface area contributed by atoms with E-state index in [9.17, 15) is 14.4 Å². The molecule has 10 nitrogen and oxygen atoms in total. The van der Waals surface area contributed by atoms with Gasteiger partial charge in [-0.15, -0.1) is 0 Å². The Balaban J connectivity index is 1.39. The van der Waals surface area contributed by atoms with Gasteiger partial charge < -0.3 is 35.4 Å². The van der Waals surface area contributed by atoms with Crippen molar-refractivity contribution in [3.05, 3.63) is 59.9 Å². The highest BCUT2D eigenvalue weighted by Crippen LogP contribution is 2.18. The van der Waals surface area contributed by atoms with Crippen LogP contribution in [0.4, 0.5) is 11.4 Å². The molecule has 0 saturated carbocycles. The maximum absolute atomic E-state index is 12.9. The lowest BCUT2D eigenvalue weighted by molar-refractivity contribution is 0.0943. The van der Waals surface area contributed by atoms with E-state index in [0.717, 1.165) is 25.8 Å². The van der Waals surface area contributed by atoms with Gasteiger partial charge in [-0.25, -0.2) is 0 Å². The molecule has 0 aliphatic heterocycles. The molecule has 0 saturated heterocycles. The normalized spacial score (nSPS) is 11.0. The number of carbonyl (C=O) groups excluding carboxylic acids is 3. The van der Waals surface area contributed by atoms with Crippen LogP contribution in [-0.4, -0.2) is 44.5 Å². The minimum absolute atomic E-state index is 0.162. The Morgan fingerprint density at radius 1 is 0.650 bits per heavy atom. The number of nitrogens with zero attached hydrogens (tertiary/aromatic N) is 3. The second-order valence-electron chi connectivity index (χ2n) is 10.4. The molecule has 0 aromatic carbocycles. The van der Waals surface area contributed by atoms with Crippen LogP contribution in [0, 0.1) is 0 Å². The molecule has 0 aliphatic rings. The summed E-state index contributed by atoms with van der Waals surface area (Å²) in [6, 6.07) is 6.81. The number of nitrogens with one attached hydrogen (secondary N) is 3. The first-order valence-electron chi connectivity index (χ1n) is 14.3. The molecule has 0 unspecified atom stereocenters. The van der Waals surface area contributed by atoms with Crippen LogP contribution in [-0.2, 0) is 21.1 Å². The average molecular weight is 552 g/mol. The van der Waals surface area contributed by atoms with Crippen LogP contribution in [0.5, 0.6) is 0 Å². The highest BCUT2D eigenvalue weighted by molar-refractivity contribution is 6.07. The Morgan fingerprint density at radius 3 is 1.62 bits per heavy atom. The Labute approximate surface area is 237 Å². The molecule has 10 heteroatoms. The maximum Gasteiger partial charge on any atom is 0.272 e. The molecule has 0 radical (unpaired) electrons. The fourth-order valence-electron chi connectivity index (χ4n) is 4.78. The molecular formula is C30H45N7O3. The standard InChI is InChI=1S/C30H45N7O3/c1-35-18-14-15-25(35)29(39)33-24-20-27(37(3)22-24)30(40)34-23-19-26(36(2)21-23)28(38)32-17-13-11-9-7-5-4-6-8-10-12-16-31/h14-15,18-22H,4-13,16-17,31H2,1-3H3,(H,32,38)(H,33,39)(H,34,40). The number of hydrogen-bond acceptors (Lipinski definition) is 4. The highest BCUT2D eigenvalue weighted by atomic mass is 16.2. The number of rotatable bonds is 17. The third-order valence-corrected chi connectivity index (χ3v) is 7.08. The van der Waals surface area contributed by atoms with E-state index in [1.165, 1.54) is 44.9 Å². The van der Waals surface area contributed by atoms with E-state index in [1.54, 1.807) is 77.7 Å². The molecule has 5 N–H and O–H groups in total. The largest absolute Gasteiger partial charge is 0.351 e. The number of carbonyl (C=O) groups is 3. The summed E-state index contributed by atoms with van der Waals surface area (Å²) in [5, 5.41) is 8.66. The molecule has 3 aromatic rings. The Bertz CT molecular complexity index is 1250. The molecule has 3 aromatic heterocycles. The van der Waals surface area contributed by atoms with Gasteiger partial charge in [-0.1, -0.05) is 51.4 Å². The summed E-state index contributed by atoms with van der Waals surface area (Å²) in [6.07, 6.45) is 17.2. The molecule has 3 rings (SSSR count). The molecule has 0 atom stereocenters. The third kappa shape index (κ3) is 9.15. The number of aryl methyl sites for hydroxylation is 3. The van der Waals surface area contributed by atoms with E-state index < -0.39 is 0 Å². The summed E-state index contributed by atoms with van der Waals surface area (Å²) >= 11 is 0. The van der Waals surface area contributed by atoms with Crippen molar-refractivity contribution in [1.29, 1.82) is 0 Å². The summed E-state index contributed by atoms with van der Waals surface area (Å²) in [5.41, 5.74) is 7.94. The summed E-state index contributed by atoms with van der Waals surface area (Å²) in [5.74, 6) is -0.756. The second kappa shape index (κ2) is 15.7. The van der Waals surface area contributed by atoms with Crippen molar-refractivity contribution in [3.8, 4) is 0 Å². The molecule has 0 aliphatic carbocycles. The van der Waals surface area contributed by atoms with Crippen LogP contribution < -0.4 is 21.7 Å². The van der Waals surface area contributed by atoms with E-state index in [2.05, 4.69) is 16.0 Å². The van der Waals surface area contributed by atoms with Gasteiger partial charge in [-0.05, 0) is 43.7 Å². The first-order valence-corrected chi connectivity index (χ1v) is 14.3. The molecule has 0 spiro atoms. The van der Waals surface area contributed by atoms with Gasteiger partial charge >= 0.3 is 0 Å². The number of nitrogens with two attached hydrogens (primary N) is 1. The minimum Gasteiger partial charge on any atom is -0.351 e. The van der Waals surface area contributed by atoms with Crippen LogP contribution in [0.3, 0.4) is 0 Å². The zero-order chi connectivity index (χ0) is 28.9. The van der Waals surface area contributed by atoms with Gasteiger partial charge in [0.15, 0.2) is 0 Å². The summed E-state index contributed by atoms with van der Waals surface area (Å²) < 4.78 is 5.08. The van der Waals surface area contributed by atoms with E-state index in [1.807, 2.05) is 0 Å². The SMILES string of the molecule is Cn1cc(NC(=O)c2cc(NC(=O)c3cccn3C)cn2C)cc1C(=O)NCCCCCCCCCCCCN. The monoisotopic (exact) mass is 551 g/mol. The van der Waals surface area contributed by atoms with Crippen molar-refractivity contribution in [2.45, 2.75) is 64.2 Å². The number of amides is 3. The summed E-state index contributed by atoms with van der Waals surface area (Å²) in [6.45, 7) is 1.43. The fourth-order valence-corrected chi connectivity index (χ4v) is 4.78. The average Bonchev–Trinajstić information content (AvgIpc) is 3.62. The topological polar surface area (TPSA) is 128 Å². The Hall–Kier alpha value is -3.79. The quantitative estimate of drug-likeness (QED) is 0.180. The first kappa shape index (κ1) is 30.7. The maximum atomic E-state index is 12.9. The molecule has 40 heavy (non-hydrogen) atoms. The molecule has 218 valence electrons. The predicted molar refractivity (Wildman–Crippen MR) is 160 cm³/mol. The van der Waals surface area contributed by atoms with Gasteiger partial charge in [-0.2, -0.15) is 0 Å². The van der Waals surface area contributed by atoms with E-state index in [0.29, 0.717) is 35.0 Å². The summed E-state index contributed by atoms with van der Waals surface area (Å²) in [4.78, 5) is 38.1. The lowest BCUT2D eigenvalue weighted by Gasteiger charge is -2.06. The van der Waals surface area contributed by atoms with Crippen LogP contribution in [0.1, 0.15) is 95.7 Å². The van der Waals surface area contributed by atoms with E-state index >= 15 is 0 Å². The van der Waals surface area contributed by atoms with Crippen molar-refractivity contribution in [2.24, 2.45) is 26.9 Å². The van der Waals surface area contributed by atoms with Gasteiger partial charge in [0.25, 0.3) is 17.7 Å². The lowest BCUT2D eigenvalue weighted by Crippen LogP contribution is -2.26. The van der Waals surface area contributed by atoms with Crippen LogP contribution >= 0.6 is 0 Å².